The van der Waals surface area contributed by atoms with Gasteiger partial charge in [-0.2, -0.15) is 0 Å². The quantitative estimate of drug-likeness (QED) is 0.638. The number of hydrogen-bond donors (Lipinski definition) is 1. The van der Waals surface area contributed by atoms with Crippen molar-refractivity contribution >= 4 is 0 Å². The maximum Gasteiger partial charge on any atom is 0.0694 e. The number of benzene rings is 2. The standard InChI is InChI=1S/C20H22O/c1-2-3-4-7-17-10-12-18(13-11-17)14-15-19-8-5-6-9-20(19)16-21/h5-6,8-13,21H,2-4,7,16H2,1H3. The zero-order valence-corrected chi connectivity index (χ0v) is 12.6. The number of hydrogen-bond acceptors (Lipinski definition) is 1. The molecule has 0 radical (unpaired) electrons. The van der Waals surface area contributed by atoms with Crippen molar-refractivity contribution in [1.82, 2.24) is 0 Å². The molecule has 1 nitrogen and oxygen atoms in total. The lowest BCUT2D eigenvalue weighted by Gasteiger charge is -2.01. The van der Waals surface area contributed by atoms with E-state index in [9.17, 15) is 5.11 Å². The number of aliphatic hydroxyl groups excluding tert-OH is 1. The Balaban J connectivity index is 2.05. The van der Waals surface area contributed by atoms with Crippen LogP contribution in [0.1, 0.15) is 48.4 Å². The zero-order valence-electron chi connectivity index (χ0n) is 12.6. The van der Waals surface area contributed by atoms with E-state index in [-0.39, 0.29) is 6.61 Å². The fourth-order valence-electron chi connectivity index (χ4n) is 2.25. The second-order valence-corrected chi connectivity index (χ2v) is 5.22. The van der Waals surface area contributed by atoms with E-state index >= 15 is 0 Å². The van der Waals surface area contributed by atoms with Crippen LogP contribution in [-0.4, -0.2) is 5.11 Å². The van der Waals surface area contributed by atoms with Crippen LogP contribution in [0.25, 0.3) is 0 Å². The van der Waals surface area contributed by atoms with Gasteiger partial charge in [-0.15, -0.1) is 0 Å². The Morgan fingerprint density at radius 3 is 2.38 bits per heavy atom. The highest BCUT2D eigenvalue weighted by Crippen LogP contribution is 2.10. The molecule has 108 valence electrons. The first kappa shape index (κ1) is 15.4. The Bertz CT molecular complexity index is 614. The molecule has 0 aliphatic carbocycles. The van der Waals surface area contributed by atoms with E-state index in [0.29, 0.717) is 0 Å². The van der Waals surface area contributed by atoms with Gasteiger partial charge >= 0.3 is 0 Å². The lowest BCUT2D eigenvalue weighted by Crippen LogP contribution is -1.88. The molecule has 1 N–H and O–H groups in total. The second kappa shape index (κ2) is 8.29. The summed E-state index contributed by atoms with van der Waals surface area (Å²) < 4.78 is 0. The number of aliphatic hydroxyl groups is 1. The summed E-state index contributed by atoms with van der Waals surface area (Å²) in [4.78, 5) is 0. The first-order valence-electron chi connectivity index (χ1n) is 7.63. The molecule has 2 rings (SSSR count). The van der Waals surface area contributed by atoms with E-state index in [1.165, 1.54) is 24.8 Å². The minimum Gasteiger partial charge on any atom is -0.392 e. The summed E-state index contributed by atoms with van der Waals surface area (Å²) in [6.45, 7) is 2.25. The molecule has 0 aromatic heterocycles. The minimum absolute atomic E-state index is 0.0290. The van der Waals surface area contributed by atoms with Gasteiger partial charge < -0.3 is 5.11 Å². The molecule has 0 saturated heterocycles. The Morgan fingerprint density at radius 2 is 1.67 bits per heavy atom. The minimum atomic E-state index is 0.0290. The number of aryl methyl sites for hydroxylation is 1. The molecule has 0 heterocycles. The third-order valence-corrected chi connectivity index (χ3v) is 3.55. The Hall–Kier alpha value is -2.04. The SMILES string of the molecule is CCCCCc1ccc(C#Cc2ccccc2CO)cc1. The fraction of sp³-hybridized carbons (Fsp3) is 0.300. The Morgan fingerprint density at radius 1 is 0.905 bits per heavy atom. The van der Waals surface area contributed by atoms with E-state index in [1.54, 1.807) is 0 Å². The van der Waals surface area contributed by atoms with E-state index in [4.69, 9.17) is 0 Å². The van der Waals surface area contributed by atoms with E-state index in [2.05, 4.69) is 43.0 Å². The predicted molar refractivity (Wildman–Crippen MR) is 88.0 cm³/mol. The van der Waals surface area contributed by atoms with E-state index in [0.717, 1.165) is 23.1 Å². The highest BCUT2D eigenvalue weighted by atomic mass is 16.3. The third-order valence-electron chi connectivity index (χ3n) is 3.55. The summed E-state index contributed by atoms with van der Waals surface area (Å²) in [6, 6.07) is 16.2. The first-order chi connectivity index (χ1) is 10.3. The van der Waals surface area contributed by atoms with E-state index in [1.807, 2.05) is 24.3 Å². The normalized spacial score (nSPS) is 10.0. The molecule has 0 aliphatic rings. The van der Waals surface area contributed by atoms with Crippen molar-refractivity contribution in [2.45, 2.75) is 39.2 Å². The third kappa shape index (κ3) is 4.77. The zero-order chi connectivity index (χ0) is 14.9. The van der Waals surface area contributed by atoms with Crippen LogP contribution in [0, 0.1) is 11.8 Å². The highest BCUT2D eigenvalue weighted by Gasteiger charge is 1.96. The second-order valence-electron chi connectivity index (χ2n) is 5.22. The highest BCUT2D eigenvalue weighted by molar-refractivity contribution is 5.46. The Labute approximate surface area is 127 Å². The number of unbranched alkanes of at least 4 members (excludes halogenated alkanes) is 2. The number of rotatable bonds is 5. The van der Waals surface area contributed by atoms with Gasteiger partial charge in [0.1, 0.15) is 0 Å². The monoisotopic (exact) mass is 278 g/mol. The summed E-state index contributed by atoms with van der Waals surface area (Å²) in [7, 11) is 0. The van der Waals surface area contributed by atoms with Crippen molar-refractivity contribution in [2.75, 3.05) is 0 Å². The summed E-state index contributed by atoms with van der Waals surface area (Å²) in [5.41, 5.74) is 4.17. The maximum atomic E-state index is 9.29. The molecular formula is C20H22O. The molecule has 0 amide bonds. The van der Waals surface area contributed by atoms with Gasteiger partial charge in [0.05, 0.1) is 6.61 Å². The van der Waals surface area contributed by atoms with Crippen molar-refractivity contribution < 1.29 is 5.11 Å². The molecule has 0 saturated carbocycles. The summed E-state index contributed by atoms with van der Waals surface area (Å²) in [5.74, 6) is 6.31. The van der Waals surface area contributed by atoms with Gasteiger partial charge in [0.2, 0.25) is 0 Å². The molecular weight excluding hydrogens is 256 g/mol. The van der Waals surface area contributed by atoms with Crippen LogP contribution in [0.5, 0.6) is 0 Å². The van der Waals surface area contributed by atoms with Crippen LogP contribution in [0.3, 0.4) is 0 Å². The average Bonchev–Trinajstić information content (AvgIpc) is 2.54. The molecule has 1 heteroatoms. The van der Waals surface area contributed by atoms with Gasteiger partial charge in [-0.25, -0.2) is 0 Å². The summed E-state index contributed by atoms with van der Waals surface area (Å²) in [5, 5.41) is 9.29. The van der Waals surface area contributed by atoms with Crippen LogP contribution in [0.4, 0.5) is 0 Å². The van der Waals surface area contributed by atoms with E-state index < -0.39 is 0 Å². The van der Waals surface area contributed by atoms with Gasteiger partial charge in [-0.3, -0.25) is 0 Å². The molecule has 0 unspecified atom stereocenters. The van der Waals surface area contributed by atoms with Crippen molar-refractivity contribution in [1.29, 1.82) is 0 Å². The largest absolute Gasteiger partial charge is 0.392 e. The molecule has 21 heavy (non-hydrogen) atoms. The van der Waals surface area contributed by atoms with Crippen molar-refractivity contribution in [2.24, 2.45) is 0 Å². The summed E-state index contributed by atoms with van der Waals surface area (Å²) in [6.07, 6.45) is 4.95. The van der Waals surface area contributed by atoms with Crippen LogP contribution in [-0.2, 0) is 13.0 Å². The molecule has 0 fully saturated rings. The molecule has 2 aromatic carbocycles. The van der Waals surface area contributed by atoms with Crippen molar-refractivity contribution in [3.8, 4) is 11.8 Å². The summed E-state index contributed by atoms with van der Waals surface area (Å²) >= 11 is 0. The van der Waals surface area contributed by atoms with Gasteiger partial charge in [-0.1, -0.05) is 61.9 Å². The lowest BCUT2D eigenvalue weighted by molar-refractivity contribution is 0.281. The lowest BCUT2D eigenvalue weighted by atomic mass is 10.0. The molecule has 0 atom stereocenters. The maximum absolute atomic E-state index is 9.29. The molecule has 0 aliphatic heterocycles. The average molecular weight is 278 g/mol. The van der Waals surface area contributed by atoms with Crippen LogP contribution in [0.2, 0.25) is 0 Å². The van der Waals surface area contributed by atoms with Gasteiger partial charge in [0.25, 0.3) is 0 Å². The van der Waals surface area contributed by atoms with Crippen molar-refractivity contribution in [3.63, 3.8) is 0 Å². The first-order valence-corrected chi connectivity index (χ1v) is 7.63. The predicted octanol–water partition coefficient (Wildman–Crippen LogP) is 4.31. The fourth-order valence-corrected chi connectivity index (χ4v) is 2.25. The molecule has 0 spiro atoms. The Kier molecular flexibility index (Phi) is 6.06. The molecule has 0 bridgehead atoms. The van der Waals surface area contributed by atoms with Crippen LogP contribution < -0.4 is 0 Å². The van der Waals surface area contributed by atoms with Crippen LogP contribution in [0.15, 0.2) is 48.5 Å². The topological polar surface area (TPSA) is 20.2 Å². The van der Waals surface area contributed by atoms with Gasteiger partial charge in [0.15, 0.2) is 0 Å². The van der Waals surface area contributed by atoms with Gasteiger partial charge in [0, 0.05) is 11.1 Å². The van der Waals surface area contributed by atoms with Gasteiger partial charge in [-0.05, 0) is 42.2 Å². The van der Waals surface area contributed by atoms with Crippen LogP contribution >= 0.6 is 0 Å². The smallest absolute Gasteiger partial charge is 0.0694 e. The molecule has 2 aromatic rings. The van der Waals surface area contributed by atoms with Crippen molar-refractivity contribution in [3.05, 3.63) is 70.8 Å².